The number of ether oxygens (including phenoxy) is 1. The normalized spacial score (nSPS) is 28.2. The standard InChI is InChI=1S/C13H19NO3/c1-12(2,3)17-11(16)13-7-4-5-9-14(13)10(15)6-8-13/h6,8H,4-5,7,9H2,1-3H3. The van der Waals surface area contributed by atoms with Gasteiger partial charge in [-0.2, -0.15) is 0 Å². The lowest BCUT2D eigenvalue weighted by Gasteiger charge is -2.40. The van der Waals surface area contributed by atoms with Crippen molar-refractivity contribution in [2.45, 2.75) is 51.2 Å². The molecule has 1 atom stereocenters. The van der Waals surface area contributed by atoms with E-state index in [1.54, 1.807) is 11.0 Å². The highest BCUT2D eigenvalue weighted by Gasteiger charge is 2.50. The third-order valence-electron chi connectivity index (χ3n) is 3.19. The Morgan fingerprint density at radius 1 is 1.41 bits per heavy atom. The molecule has 0 radical (unpaired) electrons. The Morgan fingerprint density at radius 3 is 2.76 bits per heavy atom. The second-order valence-electron chi connectivity index (χ2n) is 5.71. The molecule has 0 aromatic heterocycles. The van der Waals surface area contributed by atoms with Gasteiger partial charge in [0.2, 0.25) is 5.91 Å². The fourth-order valence-electron chi connectivity index (χ4n) is 2.42. The van der Waals surface area contributed by atoms with Crippen molar-refractivity contribution >= 4 is 11.9 Å². The van der Waals surface area contributed by atoms with Gasteiger partial charge < -0.3 is 9.64 Å². The largest absolute Gasteiger partial charge is 0.458 e. The molecule has 0 N–H and O–H groups in total. The molecule has 2 aliphatic rings. The monoisotopic (exact) mass is 237 g/mol. The molecule has 94 valence electrons. The zero-order chi connectivity index (χ0) is 12.7. The first-order valence-corrected chi connectivity index (χ1v) is 6.09. The Labute approximate surface area is 102 Å². The summed E-state index contributed by atoms with van der Waals surface area (Å²) in [5.41, 5.74) is -1.35. The number of amides is 1. The van der Waals surface area contributed by atoms with Gasteiger partial charge in [0.15, 0.2) is 5.54 Å². The predicted molar refractivity (Wildman–Crippen MR) is 63.3 cm³/mol. The second kappa shape index (κ2) is 3.86. The maximum atomic E-state index is 12.3. The Kier molecular flexibility index (Phi) is 2.76. The number of piperidine rings is 1. The van der Waals surface area contributed by atoms with Gasteiger partial charge in [-0.3, -0.25) is 4.79 Å². The van der Waals surface area contributed by atoms with E-state index < -0.39 is 11.1 Å². The molecule has 2 heterocycles. The van der Waals surface area contributed by atoms with Crippen LogP contribution in [0.1, 0.15) is 40.0 Å². The maximum Gasteiger partial charge on any atom is 0.336 e. The van der Waals surface area contributed by atoms with Gasteiger partial charge in [0.1, 0.15) is 5.60 Å². The van der Waals surface area contributed by atoms with Gasteiger partial charge >= 0.3 is 5.97 Å². The van der Waals surface area contributed by atoms with Crippen LogP contribution in [0.25, 0.3) is 0 Å². The van der Waals surface area contributed by atoms with Crippen molar-refractivity contribution in [3.05, 3.63) is 12.2 Å². The van der Waals surface area contributed by atoms with Crippen LogP contribution in [0.15, 0.2) is 12.2 Å². The van der Waals surface area contributed by atoms with Gasteiger partial charge in [0, 0.05) is 12.6 Å². The molecule has 1 amide bonds. The highest BCUT2D eigenvalue weighted by atomic mass is 16.6. The summed E-state index contributed by atoms with van der Waals surface area (Å²) in [5, 5.41) is 0. The van der Waals surface area contributed by atoms with Gasteiger partial charge in [0.25, 0.3) is 0 Å². The first-order chi connectivity index (χ1) is 7.85. The fourth-order valence-corrected chi connectivity index (χ4v) is 2.42. The molecule has 0 bridgehead atoms. The number of rotatable bonds is 1. The molecule has 0 spiro atoms. The third kappa shape index (κ3) is 2.08. The van der Waals surface area contributed by atoms with Crippen molar-refractivity contribution in [1.29, 1.82) is 0 Å². The Bertz CT molecular complexity index is 381. The Hall–Kier alpha value is -1.32. The van der Waals surface area contributed by atoms with E-state index in [2.05, 4.69) is 0 Å². The van der Waals surface area contributed by atoms with Crippen LogP contribution in [0, 0.1) is 0 Å². The number of fused-ring (bicyclic) bond motifs is 1. The summed E-state index contributed by atoms with van der Waals surface area (Å²) in [7, 11) is 0. The predicted octanol–water partition coefficient (Wildman–Crippen LogP) is 1.65. The second-order valence-corrected chi connectivity index (χ2v) is 5.71. The van der Waals surface area contributed by atoms with Crippen LogP contribution >= 0.6 is 0 Å². The number of esters is 1. The minimum Gasteiger partial charge on any atom is -0.458 e. The Balaban J connectivity index is 2.24. The molecule has 4 heteroatoms. The van der Waals surface area contributed by atoms with Gasteiger partial charge in [-0.05, 0) is 46.1 Å². The summed E-state index contributed by atoms with van der Waals surface area (Å²) >= 11 is 0. The molecular formula is C13H19NO3. The van der Waals surface area contributed by atoms with Gasteiger partial charge in [0.05, 0.1) is 0 Å². The average Bonchev–Trinajstić information content (AvgIpc) is 2.56. The summed E-state index contributed by atoms with van der Waals surface area (Å²) < 4.78 is 5.45. The molecule has 1 saturated heterocycles. The number of carbonyl (C=O) groups is 2. The molecule has 4 nitrogen and oxygen atoms in total. The summed E-state index contributed by atoms with van der Waals surface area (Å²) in [6.07, 6.45) is 5.79. The highest BCUT2D eigenvalue weighted by Crippen LogP contribution is 2.35. The molecule has 17 heavy (non-hydrogen) atoms. The highest BCUT2D eigenvalue weighted by molar-refractivity contribution is 6.00. The topological polar surface area (TPSA) is 46.6 Å². The van der Waals surface area contributed by atoms with Crippen LogP contribution in [0.2, 0.25) is 0 Å². The van der Waals surface area contributed by atoms with E-state index >= 15 is 0 Å². The van der Waals surface area contributed by atoms with Crippen LogP contribution in [-0.2, 0) is 14.3 Å². The molecule has 1 fully saturated rings. The summed E-state index contributed by atoms with van der Waals surface area (Å²) in [5.74, 6) is -0.373. The molecule has 2 aliphatic heterocycles. The van der Waals surface area contributed by atoms with Crippen LogP contribution < -0.4 is 0 Å². The smallest absolute Gasteiger partial charge is 0.336 e. The van der Waals surface area contributed by atoms with Crippen molar-refractivity contribution in [2.24, 2.45) is 0 Å². The number of hydrogen-bond donors (Lipinski definition) is 0. The molecule has 2 rings (SSSR count). The maximum absolute atomic E-state index is 12.3. The van der Waals surface area contributed by atoms with Gasteiger partial charge in [-0.25, -0.2) is 4.79 Å². The minimum absolute atomic E-state index is 0.0736. The quantitative estimate of drug-likeness (QED) is 0.651. The van der Waals surface area contributed by atoms with Crippen LogP contribution in [-0.4, -0.2) is 34.5 Å². The SMILES string of the molecule is CC(C)(C)OC(=O)C12C=CC(=O)N1CCCC2. The lowest BCUT2D eigenvalue weighted by atomic mass is 9.88. The first kappa shape index (κ1) is 12.1. The van der Waals surface area contributed by atoms with Crippen molar-refractivity contribution in [3.8, 4) is 0 Å². The first-order valence-electron chi connectivity index (χ1n) is 6.09. The Morgan fingerprint density at radius 2 is 2.12 bits per heavy atom. The van der Waals surface area contributed by atoms with E-state index in [-0.39, 0.29) is 11.9 Å². The minimum atomic E-state index is -0.831. The molecule has 1 unspecified atom stereocenters. The van der Waals surface area contributed by atoms with Crippen molar-refractivity contribution in [1.82, 2.24) is 4.90 Å². The van der Waals surface area contributed by atoms with E-state index in [1.165, 1.54) is 6.08 Å². The van der Waals surface area contributed by atoms with E-state index in [0.717, 1.165) is 12.8 Å². The third-order valence-corrected chi connectivity index (χ3v) is 3.19. The van der Waals surface area contributed by atoms with Crippen LogP contribution in [0.4, 0.5) is 0 Å². The number of hydrogen-bond acceptors (Lipinski definition) is 3. The lowest BCUT2D eigenvalue weighted by Crippen LogP contribution is -2.56. The van der Waals surface area contributed by atoms with Crippen molar-refractivity contribution < 1.29 is 14.3 Å². The average molecular weight is 237 g/mol. The molecular weight excluding hydrogens is 218 g/mol. The molecule has 0 aromatic rings. The van der Waals surface area contributed by atoms with E-state index in [9.17, 15) is 9.59 Å². The van der Waals surface area contributed by atoms with Crippen molar-refractivity contribution in [3.63, 3.8) is 0 Å². The van der Waals surface area contributed by atoms with Crippen molar-refractivity contribution in [2.75, 3.05) is 6.54 Å². The summed E-state index contributed by atoms with van der Waals surface area (Å²) in [4.78, 5) is 25.7. The van der Waals surface area contributed by atoms with Crippen LogP contribution in [0.5, 0.6) is 0 Å². The fraction of sp³-hybridized carbons (Fsp3) is 0.692. The van der Waals surface area contributed by atoms with E-state index in [4.69, 9.17) is 4.74 Å². The van der Waals surface area contributed by atoms with Crippen LogP contribution in [0.3, 0.4) is 0 Å². The van der Waals surface area contributed by atoms with Gasteiger partial charge in [-0.1, -0.05) is 0 Å². The molecule has 0 aliphatic carbocycles. The zero-order valence-electron chi connectivity index (χ0n) is 10.7. The zero-order valence-corrected chi connectivity index (χ0v) is 10.7. The number of nitrogens with zero attached hydrogens (tertiary/aromatic N) is 1. The number of carbonyl (C=O) groups excluding carboxylic acids is 2. The van der Waals surface area contributed by atoms with E-state index in [1.807, 2.05) is 20.8 Å². The lowest BCUT2D eigenvalue weighted by molar-refractivity contribution is -0.170. The molecule has 0 aromatic carbocycles. The molecule has 0 saturated carbocycles. The summed E-state index contributed by atoms with van der Waals surface area (Å²) in [6, 6.07) is 0. The van der Waals surface area contributed by atoms with Gasteiger partial charge in [-0.15, -0.1) is 0 Å². The summed E-state index contributed by atoms with van der Waals surface area (Å²) in [6.45, 7) is 6.17. The van der Waals surface area contributed by atoms with E-state index in [0.29, 0.717) is 13.0 Å².